The van der Waals surface area contributed by atoms with Crippen molar-refractivity contribution < 1.29 is 4.39 Å². The van der Waals surface area contributed by atoms with Crippen molar-refractivity contribution in [1.29, 1.82) is 0 Å². The van der Waals surface area contributed by atoms with Gasteiger partial charge in [-0.05, 0) is 29.8 Å². The molecule has 142 valence electrons. The van der Waals surface area contributed by atoms with E-state index in [1.807, 2.05) is 30.1 Å². The molecule has 0 atom stereocenters. The number of nitrogens with zero attached hydrogens (tertiary/aromatic N) is 6. The van der Waals surface area contributed by atoms with Gasteiger partial charge in [-0.3, -0.25) is 5.10 Å². The lowest BCUT2D eigenvalue weighted by atomic mass is 10.1. The summed E-state index contributed by atoms with van der Waals surface area (Å²) in [6.45, 7) is 0.587. The molecule has 0 fully saturated rings. The normalized spacial score (nSPS) is 11.2. The zero-order valence-electron chi connectivity index (χ0n) is 15.5. The first kappa shape index (κ1) is 17.2. The summed E-state index contributed by atoms with van der Waals surface area (Å²) >= 11 is 0. The van der Waals surface area contributed by atoms with Crippen LogP contribution >= 0.6 is 0 Å². The molecule has 0 aliphatic heterocycles. The van der Waals surface area contributed by atoms with Crippen molar-refractivity contribution in [2.45, 2.75) is 6.54 Å². The second-order valence-electron chi connectivity index (χ2n) is 6.78. The standard InChI is InChI=1S/C21H16FN7/c1-29(11-13-2-5-16(22)6-3-13)21-23-9-15-8-14(4-7-18(15)27-21)19-17-10-26-28-20(17)25-12-24-19/h2-10,12H,11H2,1H3,(H,24,25,26,28). The summed E-state index contributed by atoms with van der Waals surface area (Å²) in [6.07, 6.45) is 5.04. The van der Waals surface area contributed by atoms with Crippen molar-refractivity contribution in [3.05, 3.63) is 72.6 Å². The van der Waals surface area contributed by atoms with Crippen LogP contribution in [0.25, 0.3) is 33.2 Å². The lowest BCUT2D eigenvalue weighted by molar-refractivity contribution is 0.627. The molecule has 8 heteroatoms. The minimum Gasteiger partial charge on any atom is -0.340 e. The van der Waals surface area contributed by atoms with E-state index in [-0.39, 0.29) is 5.82 Å². The Morgan fingerprint density at radius 1 is 1.00 bits per heavy atom. The van der Waals surface area contributed by atoms with E-state index in [0.29, 0.717) is 18.1 Å². The summed E-state index contributed by atoms with van der Waals surface area (Å²) in [5.74, 6) is 0.361. The third-order valence-electron chi connectivity index (χ3n) is 4.76. The van der Waals surface area contributed by atoms with Gasteiger partial charge >= 0.3 is 0 Å². The number of halogens is 1. The zero-order valence-corrected chi connectivity index (χ0v) is 15.5. The Bertz CT molecular complexity index is 1310. The molecule has 0 saturated carbocycles. The SMILES string of the molecule is CN(Cc1ccc(F)cc1)c1ncc2cc(-c3ncnc4[nH]ncc34)ccc2n1. The Balaban J connectivity index is 1.46. The molecule has 0 spiro atoms. The van der Waals surface area contributed by atoms with Crippen LogP contribution in [0.15, 0.2) is 61.2 Å². The van der Waals surface area contributed by atoms with E-state index in [1.165, 1.54) is 18.5 Å². The number of benzene rings is 2. The molecule has 0 amide bonds. The predicted octanol–water partition coefficient (Wildman–Crippen LogP) is 3.74. The van der Waals surface area contributed by atoms with Gasteiger partial charge in [-0.15, -0.1) is 0 Å². The fraction of sp³-hybridized carbons (Fsp3) is 0.0952. The van der Waals surface area contributed by atoms with Crippen LogP contribution in [0.3, 0.4) is 0 Å². The summed E-state index contributed by atoms with van der Waals surface area (Å²) in [5, 5.41) is 8.68. The molecular formula is C21H16FN7. The molecule has 7 nitrogen and oxygen atoms in total. The number of anilines is 1. The van der Waals surface area contributed by atoms with Gasteiger partial charge in [0.1, 0.15) is 12.1 Å². The van der Waals surface area contributed by atoms with Gasteiger partial charge in [-0.25, -0.2) is 24.3 Å². The van der Waals surface area contributed by atoms with Crippen molar-refractivity contribution in [3.8, 4) is 11.3 Å². The topological polar surface area (TPSA) is 83.5 Å². The highest BCUT2D eigenvalue weighted by Crippen LogP contribution is 2.27. The van der Waals surface area contributed by atoms with Gasteiger partial charge in [0.05, 0.1) is 22.8 Å². The molecule has 3 aromatic heterocycles. The van der Waals surface area contributed by atoms with Crippen LogP contribution in [-0.2, 0) is 6.54 Å². The van der Waals surface area contributed by atoms with E-state index >= 15 is 0 Å². The summed E-state index contributed by atoms with van der Waals surface area (Å²) in [6, 6.07) is 12.4. The zero-order chi connectivity index (χ0) is 19.8. The van der Waals surface area contributed by atoms with E-state index in [2.05, 4.69) is 30.1 Å². The molecule has 0 aliphatic rings. The first-order valence-corrected chi connectivity index (χ1v) is 9.04. The largest absolute Gasteiger partial charge is 0.340 e. The van der Waals surface area contributed by atoms with Gasteiger partial charge in [0.25, 0.3) is 0 Å². The second-order valence-corrected chi connectivity index (χ2v) is 6.78. The minimum atomic E-state index is -0.245. The van der Waals surface area contributed by atoms with Crippen molar-refractivity contribution in [3.63, 3.8) is 0 Å². The minimum absolute atomic E-state index is 0.245. The highest BCUT2D eigenvalue weighted by molar-refractivity contribution is 5.93. The molecule has 2 aromatic carbocycles. The van der Waals surface area contributed by atoms with Crippen LogP contribution < -0.4 is 4.90 Å². The van der Waals surface area contributed by atoms with Crippen molar-refractivity contribution >= 4 is 27.9 Å². The maximum atomic E-state index is 13.1. The molecule has 0 saturated heterocycles. The maximum Gasteiger partial charge on any atom is 0.225 e. The Hall–Kier alpha value is -3.94. The number of aromatic amines is 1. The van der Waals surface area contributed by atoms with Gasteiger partial charge in [0.2, 0.25) is 5.95 Å². The Kier molecular flexibility index (Phi) is 4.09. The second kappa shape index (κ2) is 6.90. The van der Waals surface area contributed by atoms with Crippen LogP contribution in [0.4, 0.5) is 10.3 Å². The summed E-state index contributed by atoms with van der Waals surface area (Å²) in [4.78, 5) is 19.7. The Morgan fingerprint density at radius 2 is 1.86 bits per heavy atom. The van der Waals surface area contributed by atoms with Gasteiger partial charge in [0.15, 0.2) is 5.65 Å². The monoisotopic (exact) mass is 385 g/mol. The summed E-state index contributed by atoms with van der Waals surface area (Å²) < 4.78 is 13.1. The van der Waals surface area contributed by atoms with Gasteiger partial charge < -0.3 is 4.90 Å². The lowest BCUT2D eigenvalue weighted by Crippen LogP contribution is -2.19. The van der Waals surface area contributed by atoms with Crippen molar-refractivity contribution in [1.82, 2.24) is 30.1 Å². The molecule has 5 rings (SSSR count). The van der Waals surface area contributed by atoms with E-state index < -0.39 is 0 Å². The van der Waals surface area contributed by atoms with E-state index in [9.17, 15) is 4.39 Å². The number of nitrogens with one attached hydrogen (secondary N) is 1. The van der Waals surface area contributed by atoms with E-state index in [4.69, 9.17) is 0 Å². The van der Waals surface area contributed by atoms with E-state index in [0.717, 1.165) is 33.1 Å². The van der Waals surface area contributed by atoms with Gasteiger partial charge in [-0.2, -0.15) is 5.10 Å². The van der Waals surface area contributed by atoms with E-state index in [1.54, 1.807) is 24.5 Å². The number of hydrogen-bond acceptors (Lipinski definition) is 6. The van der Waals surface area contributed by atoms with Crippen LogP contribution in [0.1, 0.15) is 5.56 Å². The molecule has 0 radical (unpaired) electrons. The quantitative estimate of drug-likeness (QED) is 0.507. The summed E-state index contributed by atoms with van der Waals surface area (Å²) in [7, 11) is 1.91. The van der Waals surface area contributed by atoms with Crippen molar-refractivity contribution in [2.24, 2.45) is 0 Å². The Morgan fingerprint density at radius 3 is 2.72 bits per heavy atom. The number of hydrogen-bond donors (Lipinski definition) is 1. The number of aromatic nitrogens is 6. The highest BCUT2D eigenvalue weighted by Gasteiger charge is 2.11. The molecule has 1 N–H and O–H groups in total. The average Bonchev–Trinajstić information content (AvgIpc) is 3.23. The maximum absolute atomic E-state index is 13.1. The Labute approximate surface area is 165 Å². The number of fused-ring (bicyclic) bond motifs is 2. The molecule has 0 aliphatic carbocycles. The fourth-order valence-corrected chi connectivity index (χ4v) is 3.28. The molecule has 0 unspecified atom stereocenters. The van der Waals surface area contributed by atoms with Crippen LogP contribution in [0.2, 0.25) is 0 Å². The molecule has 3 heterocycles. The fourth-order valence-electron chi connectivity index (χ4n) is 3.28. The van der Waals surface area contributed by atoms with Crippen LogP contribution in [-0.4, -0.2) is 37.2 Å². The predicted molar refractivity (Wildman–Crippen MR) is 109 cm³/mol. The first-order valence-electron chi connectivity index (χ1n) is 9.04. The van der Waals surface area contributed by atoms with Gasteiger partial charge in [-0.1, -0.05) is 18.2 Å². The number of rotatable bonds is 4. The van der Waals surface area contributed by atoms with Crippen molar-refractivity contribution in [2.75, 3.05) is 11.9 Å². The third-order valence-corrected chi connectivity index (χ3v) is 4.76. The smallest absolute Gasteiger partial charge is 0.225 e. The summed E-state index contributed by atoms with van der Waals surface area (Å²) in [5.41, 5.74) is 4.28. The third kappa shape index (κ3) is 3.25. The molecule has 0 bridgehead atoms. The highest BCUT2D eigenvalue weighted by atomic mass is 19.1. The molecule has 5 aromatic rings. The van der Waals surface area contributed by atoms with Crippen LogP contribution in [0.5, 0.6) is 0 Å². The molecule has 29 heavy (non-hydrogen) atoms. The molecular weight excluding hydrogens is 369 g/mol. The van der Waals surface area contributed by atoms with Gasteiger partial charge in [0, 0.05) is 30.7 Å². The first-order chi connectivity index (χ1) is 14.2. The average molecular weight is 385 g/mol. The number of H-pyrrole nitrogens is 1. The van der Waals surface area contributed by atoms with Crippen LogP contribution in [0, 0.1) is 5.82 Å². The lowest BCUT2D eigenvalue weighted by Gasteiger charge is -2.17.